The Bertz CT molecular complexity index is 2040. The van der Waals surface area contributed by atoms with Crippen molar-refractivity contribution in [1.82, 2.24) is 0 Å². The highest BCUT2D eigenvalue weighted by Crippen LogP contribution is 2.43. The Kier molecular flexibility index (Phi) is 63.7. The summed E-state index contributed by atoms with van der Waals surface area (Å²) >= 11 is 0. The van der Waals surface area contributed by atoms with Gasteiger partial charge < -0.3 is 18.9 Å². The molecule has 10 heteroatoms. The second-order valence-electron chi connectivity index (χ2n) is 24.2. The van der Waals surface area contributed by atoms with E-state index in [1.54, 1.807) is 0 Å². The number of ether oxygens (including phenoxy) is 2. The van der Waals surface area contributed by atoms with Crippen LogP contribution in [-0.4, -0.2) is 74.9 Å². The smallest absolute Gasteiger partial charge is 0.462 e. The number of phosphoric acid groups is 1. The molecule has 9 nitrogen and oxygen atoms in total. The van der Waals surface area contributed by atoms with E-state index >= 15 is 0 Å². The molecule has 0 aliphatic rings. The van der Waals surface area contributed by atoms with E-state index in [0.717, 1.165) is 109 Å². The van der Waals surface area contributed by atoms with Crippen LogP contribution in [-0.2, 0) is 32.7 Å². The van der Waals surface area contributed by atoms with E-state index in [9.17, 15) is 19.0 Å². The summed E-state index contributed by atoms with van der Waals surface area (Å²) in [4.78, 5) is 35.8. The maximum Gasteiger partial charge on any atom is 0.472 e. The highest BCUT2D eigenvalue weighted by molar-refractivity contribution is 7.47. The van der Waals surface area contributed by atoms with Gasteiger partial charge in [-0.25, -0.2) is 4.57 Å². The molecule has 0 aromatic rings. The number of likely N-dealkylation sites (N-methyl/N-ethyl adjacent to an activating group) is 1. The number of allylic oxidation sites excluding steroid dienone is 26. The van der Waals surface area contributed by atoms with E-state index < -0.39 is 26.5 Å². The number of nitrogens with zero attached hydrogens (tertiary/aromatic N) is 1. The van der Waals surface area contributed by atoms with E-state index in [-0.39, 0.29) is 32.0 Å². The van der Waals surface area contributed by atoms with Crippen LogP contribution in [0.3, 0.4) is 0 Å². The maximum atomic E-state index is 12.9. The molecule has 0 spiro atoms. The number of carbonyl (C=O) groups is 2. The number of phosphoric ester groups is 1. The molecule has 1 N–H and O–H groups in total. The Labute approximate surface area is 541 Å². The van der Waals surface area contributed by atoms with Crippen LogP contribution in [0.5, 0.6) is 0 Å². The van der Waals surface area contributed by atoms with Gasteiger partial charge in [0.2, 0.25) is 0 Å². The van der Waals surface area contributed by atoms with Gasteiger partial charge in [-0.15, -0.1) is 0 Å². The van der Waals surface area contributed by atoms with Crippen LogP contribution in [0.1, 0.15) is 271 Å². The van der Waals surface area contributed by atoms with Gasteiger partial charge in [0.1, 0.15) is 19.8 Å². The van der Waals surface area contributed by atoms with Gasteiger partial charge in [-0.3, -0.25) is 18.6 Å². The molecule has 0 fully saturated rings. The largest absolute Gasteiger partial charge is 0.472 e. The predicted octanol–water partition coefficient (Wildman–Crippen LogP) is 23.2. The highest BCUT2D eigenvalue weighted by Gasteiger charge is 2.27. The SMILES string of the molecule is CC/C=C\C/C=C\C/C=C\C/C=C\C/C=C\C/C=C\C/C=C\C/C=C\C/C=C\C/C=C\C/C=C\C/C=C\CCCCC(=O)OC(COC(=O)CCCCCCCCCCCCCCC/C=C\CCCCCCCCCC)COP(=O)(O)OCC[N+](C)(C)C. The minimum Gasteiger partial charge on any atom is -0.462 e. The Morgan fingerprint density at radius 2 is 0.648 bits per heavy atom. The number of hydrogen-bond donors (Lipinski definition) is 1. The molecule has 0 aromatic heterocycles. The van der Waals surface area contributed by atoms with Crippen molar-refractivity contribution in [1.29, 1.82) is 0 Å². The molecule has 0 amide bonds. The average Bonchev–Trinajstić information content (AvgIpc) is 3.68. The molecule has 0 aliphatic carbocycles. The van der Waals surface area contributed by atoms with Gasteiger partial charge in [0, 0.05) is 12.8 Å². The van der Waals surface area contributed by atoms with Gasteiger partial charge in [-0.1, -0.05) is 287 Å². The van der Waals surface area contributed by atoms with E-state index in [1.165, 1.54) is 128 Å². The molecule has 0 aromatic carbocycles. The number of carbonyl (C=O) groups excluding carboxylic acids is 2. The zero-order valence-corrected chi connectivity index (χ0v) is 57.8. The van der Waals surface area contributed by atoms with E-state index in [1.807, 2.05) is 21.1 Å². The molecule has 0 heterocycles. The highest BCUT2D eigenvalue weighted by atomic mass is 31.2. The minimum atomic E-state index is -4.41. The van der Waals surface area contributed by atoms with Gasteiger partial charge in [-0.05, 0) is 128 Å². The van der Waals surface area contributed by atoms with Crippen molar-refractivity contribution in [2.24, 2.45) is 0 Å². The first-order valence-electron chi connectivity index (χ1n) is 35.2. The van der Waals surface area contributed by atoms with E-state index in [4.69, 9.17) is 18.5 Å². The number of hydrogen-bond acceptors (Lipinski definition) is 7. The van der Waals surface area contributed by atoms with Crippen molar-refractivity contribution in [2.75, 3.05) is 47.5 Å². The van der Waals surface area contributed by atoms with Crippen molar-refractivity contribution >= 4 is 19.8 Å². The van der Waals surface area contributed by atoms with E-state index in [0.29, 0.717) is 17.4 Å². The molecular weight excluding hydrogens is 1110 g/mol. The second kappa shape index (κ2) is 67.0. The first kappa shape index (κ1) is 83.6. The molecule has 0 saturated heterocycles. The fraction of sp³-hybridized carbons (Fsp3) is 0.641. The Hall–Kier alpha value is -4.37. The number of unbranched alkanes of at least 4 members (excludes halogenated alkanes) is 23. The second-order valence-corrected chi connectivity index (χ2v) is 25.6. The third-order valence-electron chi connectivity index (χ3n) is 14.5. The third kappa shape index (κ3) is 70.7. The van der Waals surface area contributed by atoms with Crippen LogP contribution in [0.15, 0.2) is 158 Å². The molecule has 0 aliphatic heterocycles. The van der Waals surface area contributed by atoms with Crippen LogP contribution in [0, 0.1) is 0 Å². The van der Waals surface area contributed by atoms with Gasteiger partial charge in [0.05, 0.1) is 27.7 Å². The van der Waals surface area contributed by atoms with Crippen molar-refractivity contribution in [3.63, 3.8) is 0 Å². The summed E-state index contributed by atoms with van der Waals surface area (Å²) in [6, 6.07) is 0. The molecule has 0 bridgehead atoms. The van der Waals surface area contributed by atoms with Crippen molar-refractivity contribution in [3.05, 3.63) is 158 Å². The summed E-state index contributed by atoms with van der Waals surface area (Å²) in [7, 11) is 1.43. The van der Waals surface area contributed by atoms with Gasteiger partial charge >= 0.3 is 19.8 Å². The molecule has 0 radical (unpaired) electrons. The van der Waals surface area contributed by atoms with Gasteiger partial charge in [0.15, 0.2) is 6.10 Å². The molecule has 500 valence electrons. The monoisotopic (exact) mass is 1240 g/mol. The summed E-state index contributed by atoms with van der Waals surface area (Å²) in [5.41, 5.74) is 0. The van der Waals surface area contributed by atoms with Crippen molar-refractivity contribution in [3.8, 4) is 0 Å². The first-order valence-corrected chi connectivity index (χ1v) is 36.7. The van der Waals surface area contributed by atoms with Crippen molar-refractivity contribution in [2.45, 2.75) is 277 Å². The molecular formula is C78H131NO8P+. The third-order valence-corrected chi connectivity index (χ3v) is 15.5. The lowest BCUT2D eigenvalue weighted by atomic mass is 10.0. The van der Waals surface area contributed by atoms with Gasteiger partial charge in [0.25, 0.3) is 0 Å². The van der Waals surface area contributed by atoms with Crippen LogP contribution in [0.25, 0.3) is 0 Å². The summed E-state index contributed by atoms with van der Waals surface area (Å²) in [6.07, 6.45) is 101. The zero-order valence-electron chi connectivity index (χ0n) is 56.9. The molecule has 0 saturated carbocycles. The van der Waals surface area contributed by atoms with Crippen LogP contribution in [0.4, 0.5) is 0 Å². The summed E-state index contributed by atoms with van der Waals surface area (Å²) in [6.45, 7) is 4.27. The number of esters is 2. The van der Waals surface area contributed by atoms with E-state index in [2.05, 4.69) is 172 Å². The van der Waals surface area contributed by atoms with Crippen LogP contribution in [0.2, 0.25) is 0 Å². The summed E-state index contributed by atoms with van der Waals surface area (Å²) < 4.78 is 34.6. The fourth-order valence-electron chi connectivity index (χ4n) is 9.17. The minimum absolute atomic E-state index is 0.0155. The Balaban J connectivity index is 4.20. The quantitative estimate of drug-likeness (QED) is 0.0211. The molecule has 2 atom stereocenters. The van der Waals surface area contributed by atoms with Crippen LogP contribution < -0.4 is 0 Å². The Morgan fingerprint density at radius 3 is 1.00 bits per heavy atom. The number of quaternary nitrogens is 1. The lowest BCUT2D eigenvalue weighted by Gasteiger charge is -2.24. The van der Waals surface area contributed by atoms with Gasteiger partial charge in [-0.2, -0.15) is 0 Å². The first-order chi connectivity index (χ1) is 43.0. The summed E-state index contributed by atoms with van der Waals surface area (Å²) in [5, 5.41) is 0. The Morgan fingerprint density at radius 1 is 0.364 bits per heavy atom. The number of rotatable bonds is 63. The fourth-order valence-corrected chi connectivity index (χ4v) is 9.91. The average molecular weight is 1240 g/mol. The molecule has 88 heavy (non-hydrogen) atoms. The maximum absolute atomic E-state index is 12.9. The molecule has 2 unspecified atom stereocenters. The normalized spacial score (nSPS) is 14.1. The zero-order chi connectivity index (χ0) is 64.1. The lowest BCUT2D eigenvalue weighted by Crippen LogP contribution is -2.37. The lowest BCUT2D eigenvalue weighted by molar-refractivity contribution is -0.870. The predicted molar refractivity (Wildman–Crippen MR) is 380 cm³/mol. The topological polar surface area (TPSA) is 108 Å². The molecule has 0 rings (SSSR count). The van der Waals surface area contributed by atoms with Crippen LogP contribution >= 0.6 is 7.82 Å². The standard InChI is InChI=1S/C78H130NO8P/c1-6-8-10-12-14-16-18-20-22-24-26-28-30-32-33-34-35-36-37-38-39-40-41-42-43-44-45-47-49-51-53-55-57-59-61-63-65-67-69-71-78(81)87-76(75-86-88(82,83)85-73-72-79(3,4)5)74-84-77(80)70-68-66-64-62-60-58-56-54-52-50-48-46-31-29-27-25-23-21-19-17-15-13-11-9-7-2/h8,10,14,16,20,22,25-28,32-33,35-36,38-39,41-42,44-45,49,51,55,57,61,63,76H,6-7,9,11-13,15,17-19,21,23-24,29-31,34,37,40,43,46-48,50,52-54,56,58-60,62,64-75H2,1-5H3/p+1/b10-8-,16-14-,22-20-,27-25-,28-26-,33-32-,36-35-,39-38-,42-41-,45-44-,51-49-,57-55-,63-61-. The van der Waals surface area contributed by atoms with Crippen molar-refractivity contribution < 1.29 is 42.1 Å². The summed E-state index contributed by atoms with van der Waals surface area (Å²) in [5.74, 6) is -0.854.